The predicted molar refractivity (Wildman–Crippen MR) is 219 cm³/mol. The summed E-state index contributed by atoms with van der Waals surface area (Å²) in [6.45, 7) is 4.79. The number of phosphoric ester groups is 1. The van der Waals surface area contributed by atoms with Gasteiger partial charge in [-0.25, -0.2) is 4.57 Å². The lowest BCUT2D eigenvalue weighted by Gasteiger charge is -2.20. The molecule has 0 fully saturated rings. The fourth-order valence-corrected chi connectivity index (χ4v) is 6.46. The first-order chi connectivity index (χ1) is 25.4. The lowest BCUT2D eigenvalue weighted by atomic mass is 10.0. The average molecular weight is 754 g/mol. The van der Waals surface area contributed by atoms with Gasteiger partial charge in [-0.05, 0) is 51.4 Å². The quantitative estimate of drug-likeness (QED) is 0.0275. The summed E-state index contributed by atoms with van der Waals surface area (Å²) in [4.78, 5) is 22.4. The molecule has 0 amide bonds. The van der Waals surface area contributed by atoms with Crippen LogP contribution in [0.15, 0.2) is 48.6 Å². The van der Waals surface area contributed by atoms with Gasteiger partial charge in [0.25, 0.3) is 0 Å². The van der Waals surface area contributed by atoms with Crippen molar-refractivity contribution in [2.24, 2.45) is 5.73 Å². The van der Waals surface area contributed by atoms with Crippen molar-refractivity contribution >= 4 is 13.8 Å². The summed E-state index contributed by atoms with van der Waals surface area (Å²) in [7, 11) is -4.28. The summed E-state index contributed by atoms with van der Waals surface area (Å²) in [6, 6.07) is 0. The van der Waals surface area contributed by atoms with Crippen LogP contribution in [0.2, 0.25) is 0 Å². The Kier molecular flexibility index (Phi) is 39.4. The van der Waals surface area contributed by atoms with Crippen molar-refractivity contribution < 1.29 is 32.8 Å². The summed E-state index contributed by atoms with van der Waals surface area (Å²) in [5.74, 6) is -0.353. The third-order valence-electron chi connectivity index (χ3n) is 8.76. The van der Waals surface area contributed by atoms with Crippen LogP contribution in [0.1, 0.15) is 181 Å². The molecule has 0 aromatic rings. The molecule has 0 aromatic carbocycles. The second-order valence-corrected chi connectivity index (χ2v) is 15.3. The summed E-state index contributed by atoms with van der Waals surface area (Å²) in [5, 5.41) is 0. The van der Waals surface area contributed by atoms with Crippen LogP contribution in [0.4, 0.5) is 0 Å². The molecular formula is C43H80NO7P. The summed E-state index contributed by atoms with van der Waals surface area (Å²) in [6.07, 6.45) is 47.0. The zero-order valence-electron chi connectivity index (χ0n) is 33.5. The number of carbonyl (C=O) groups excluding carboxylic acids is 1. The Morgan fingerprint density at radius 3 is 1.62 bits per heavy atom. The van der Waals surface area contributed by atoms with Crippen molar-refractivity contribution in [3.63, 3.8) is 0 Å². The highest BCUT2D eigenvalue weighted by molar-refractivity contribution is 7.47. The lowest BCUT2D eigenvalue weighted by molar-refractivity contribution is -0.154. The Labute approximate surface area is 320 Å². The summed E-state index contributed by atoms with van der Waals surface area (Å²) >= 11 is 0. The molecule has 0 bridgehead atoms. The van der Waals surface area contributed by atoms with E-state index in [1.165, 1.54) is 89.9 Å². The van der Waals surface area contributed by atoms with E-state index in [4.69, 9.17) is 24.3 Å². The number of esters is 1. The molecule has 0 saturated carbocycles. The molecule has 0 aliphatic rings. The zero-order valence-corrected chi connectivity index (χ0v) is 34.4. The highest BCUT2D eigenvalue weighted by Gasteiger charge is 2.25. The van der Waals surface area contributed by atoms with Crippen LogP contribution in [0.25, 0.3) is 0 Å². The number of allylic oxidation sites excluding steroid dienone is 8. The molecule has 0 saturated heterocycles. The third kappa shape index (κ3) is 39.7. The highest BCUT2D eigenvalue weighted by atomic mass is 31.2. The van der Waals surface area contributed by atoms with Gasteiger partial charge in [0.1, 0.15) is 6.10 Å². The molecule has 2 unspecified atom stereocenters. The molecule has 304 valence electrons. The van der Waals surface area contributed by atoms with E-state index in [0.717, 1.165) is 70.6 Å². The molecule has 9 heteroatoms. The van der Waals surface area contributed by atoms with E-state index >= 15 is 0 Å². The third-order valence-corrected chi connectivity index (χ3v) is 9.74. The van der Waals surface area contributed by atoms with Gasteiger partial charge in [-0.3, -0.25) is 13.8 Å². The Morgan fingerprint density at radius 2 is 1.08 bits per heavy atom. The van der Waals surface area contributed by atoms with Crippen LogP contribution < -0.4 is 5.73 Å². The SMILES string of the molecule is CC/C=C\C/C=C\C/C=C\C/C=C\CCCCCCC(=O)OC(COCCCCCCCCCCCCCCCCCC)COP(=O)(O)OCCN. The number of carbonyl (C=O) groups is 1. The highest BCUT2D eigenvalue weighted by Crippen LogP contribution is 2.43. The number of hydrogen-bond acceptors (Lipinski definition) is 7. The van der Waals surface area contributed by atoms with E-state index in [1.807, 2.05) is 0 Å². The van der Waals surface area contributed by atoms with E-state index in [9.17, 15) is 14.3 Å². The summed E-state index contributed by atoms with van der Waals surface area (Å²) < 4.78 is 33.4. The van der Waals surface area contributed by atoms with Crippen molar-refractivity contribution in [2.45, 2.75) is 187 Å². The van der Waals surface area contributed by atoms with Crippen LogP contribution in [0.5, 0.6) is 0 Å². The van der Waals surface area contributed by atoms with E-state index in [1.54, 1.807) is 0 Å². The maximum Gasteiger partial charge on any atom is 0.472 e. The van der Waals surface area contributed by atoms with E-state index in [2.05, 4.69) is 62.5 Å². The first-order valence-corrected chi connectivity index (χ1v) is 22.6. The van der Waals surface area contributed by atoms with Crippen molar-refractivity contribution in [3.05, 3.63) is 48.6 Å². The number of ether oxygens (including phenoxy) is 2. The summed E-state index contributed by atoms with van der Waals surface area (Å²) in [5.41, 5.74) is 5.36. The molecule has 3 N–H and O–H groups in total. The van der Waals surface area contributed by atoms with Gasteiger partial charge >= 0.3 is 13.8 Å². The number of rotatable bonds is 40. The maximum absolute atomic E-state index is 12.6. The molecule has 8 nitrogen and oxygen atoms in total. The smallest absolute Gasteiger partial charge is 0.457 e. The average Bonchev–Trinajstić information content (AvgIpc) is 3.13. The first-order valence-electron chi connectivity index (χ1n) is 21.1. The van der Waals surface area contributed by atoms with Crippen LogP contribution in [0.3, 0.4) is 0 Å². The minimum atomic E-state index is -4.28. The Balaban J connectivity index is 4.08. The molecule has 0 radical (unpaired) electrons. The number of phosphoric acid groups is 1. The molecule has 2 atom stereocenters. The first kappa shape index (κ1) is 50.5. The molecule has 0 heterocycles. The second kappa shape index (κ2) is 40.6. The molecule has 0 spiro atoms. The van der Waals surface area contributed by atoms with Crippen molar-refractivity contribution in [1.82, 2.24) is 0 Å². The van der Waals surface area contributed by atoms with E-state index in [-0.39, 0.29) is 32.3 Å². The normalized spacial score (nSPS) is 14.0. The number of hydrogen-bond donors (Lipinski definition) is 2. The monoisotopic (exact) mass is 754 g/mol. The van der Waals surface area contributed by atoms with Crippen molar-refractivity contribution in [2.75, 3.05) is 33.0 Å². The number of unbranched alkanes of at least 4 members (excludes halogenated alkanes) is 19. The van der Waals surface area contributed by atoms with Gasteiger partial charge in [-0.15, -0.1) is 0 Å². The lowest BCUT2D eigenvalue weighted by Crippen LogP contribution is -2.28. The van der Waals surface area contributed by atoms with Gasteiger partial charge in [0.05, 0.1) is 19.8 Å². The topological polar surface area (TPSA) is 117 Å². The van der Waals surface area contributed by atoms with E-state index < -0.39 is 13.9 Å². The van der Waals surface area contributed by atoms with Gasteiger partial charge in [-0.1, -0.05) is 172 Å². The Morgan fingerprint density at radius 1 is 0.596 bits per heavy atom. The fraction of sp³-hybridized carbons (Fsp3) is 0.791. The molecular weight excluding hydrogens is 673 g/mol. The fourth-order valence-electron chi connectivity index (χ4n) is 5.69. The van der Waals surface area contributed by atoms with Gasteiger partial charge in [0.2, 0.25) is 0 Å². The Bertz CT molecular complexity index is 936. The van der Waals surface area contributed by atoms with Crippen LogP contribution in [0, 0.1) is 0 Å². The molecule has 0 aromatic heterocycles. The molecule has 0 rings (SSSR count). The van der Waals surface area contributed by atoms with Gasteiger partial charge in [0.15, 0.2) is 0 Å². The predicted octanol–water partition coefficient (Wildman–Crippen LogP) is 12.4. The van der Waals surface area contributed by atoms with Gasteiger partial charge in [-0.2, -0.15) is 0 Å². The van der Waals surface area contributed by atoms with Crippen LogP contribution in [-0.4, -0.2) is 49.9 Å². The van der Waals surface area contributed by atoms with Crippen molar-refractivity contribution in [3.8, 4) is 0 Å². The van der Waals surface area contributed by atoms with Crippen molar-refractivity contribution in [1.29, 1.82) is 0 Å². The second-order valence-electron chi connectivity index (χ2n) is 13.8. The molecule has 0 aliphatic heterocycles. The number of nitrogens with two attached hydrogens (primary N) is 1. The minimum Gasteiger partial charge on any atom is -0.457 e. The molecule has 0 aliphatic carbocycles. The Hall–Kier alpha value is -1.54. The van der Waals surface area contributed by atoms with E-state index in [0.29, 0.717) is 13.0 Å². The molecule has 52 heavy (non-hydrogen) atoms. The van der Waals surface area contributed by atoms with Gasteiger partial charge in [0, 0.05) is 19.6 Å². The standard InChI is InChI=1S/C43H80NO7P/c1-3-5-7-9-11-13-15-17-19-21-22-24-26-28-30-32-34-36-43(45)51-42(41-50-52(46,47)49-39-37-44)40-48-38-35-33-31-29-27-25-23-20-18-16-14-12-10-8-6-4-2/h5,7,11,13,17,19,22,24,42H,3-4,6,8-10,12,14-16,18,20-21,23,25-41,44H2,1-2H3,(H,46,47)/b7-5-,13-11-,19-17-,24-22-. The van der Waals surface area contributed by atoms with Crippen LogP contribution >= 0.6 is 7.82 Å². The zero-order chi connectivity index (χ0) is 38.1. The minimum absolute atomic E-state index is 0.0954. The van der Waals surface area contributed by atoms with Gasteiger partial charge < -0.3 is 20.1 Å². The maximum atomic E-state index is 12.6. The largest absolute Gasteiger partial charge is 0.472 e. The van der Waals surface area contributed by atoms with Crippen LogP contribution in [-0.2, 0) is 27.9 Å².